The second-order valence-corrected chi connectivity index (χ2v) is 3.75. The van der Waals surface area contributed by atoms with Crippen LogP contribution in [0.15, 0.2) is 35.2 Å². The number of nitrogens with one attached hydrogen (secondary N) is 2. The Morgan fingerprint density at radius 2 is 1.75 bits per heavy atom. The van der Waals surface area contributed by atoms with Gasteiger partial charge in [-0.05, 0) is 12.1 Å². The monoisotopic (exact) mass is 187 g/mol. The van der Waals surface area contributed by atoms with Crippen molar-refractivity contribution in [2.24, 2.45) is 5.84 Å². The molecule has 0 atom stereocenters. The number of hydrogen-bond donors (Lipinski definition) is 3. The Morgan fingerprint density at radius 1 is 1.17 bits per heavy atom. The predicted molar refractivity (Wildman–Crippen MR) is 44.1 cm³/mol. The van der Waals surface area contributed by atoms with Crippen molar-refractivity contribution in [2.45, 2.75) is 4.90 Å². The van der Waals surface area contributed by atoms with E-state index in [4.69, 9.17) is 5.84 Å². The van der Waals surface area contributed by atoms with Crippen molar-refractivity contribution in [2.75, 3.05) is 0 Å². The van der Waals surface area contributed by atoms with Crippen LogP contribution in [0.25, 0.3) is 0 Å². The molecule has 0 aliphatic rings. The first-order valence-corrected chi connectivity index (χ1v) is 4.67. The van der Waals surface area contributed by atoms with Gasteiger partial charge < -0.3 is 0 Å². The van der Waals surface area contributed by atoms with E-state index >= 15 is 0 Å². The number of sulfonamides is 1. The number of nitrogens with two attached hydrogens (primary N) is 1. The highest BCUT2D eigenvalue weighted by atomic mass is 32.2. The fraction of sp³-hybridized carbons (Fsp3) is 0. The van der Waals surface area contributed by atoms with Crippen LogP contribution in [0.4, 0.5) is 0 Å². The Labute approximate surface area is 70.6 Å². The normalized spacial score (nSPS) is 11.4. The van der Waals surface area contributed by atoms with Gasteiger partial charge in [0.25, 0.3) is 10.0 Å². The first-order valence-electron chi connectivity index (χ1n) is 3.19. The Hall–Kier alpha value is -0.950. The summed E-state index contributed by atoms with van der Waals surface area (Å²) in [6, 6.07) is 7.93. The van der Waals surface area contributed by atoms with Gasteiger partial charge in [0, 0.05) is 0 Å². The fourth-order valence-corrected chi connectivity index (χ4v) is 1.52. The number of hydrogen-bond acceptors (Lipinski definition) is 4. The molecule has 66 valence electrons. The molecule has 0 aliphatic heterocycles. The minimum atomic E-state index is -3.50. The molecule has 6 heteroatoms. The molecule has 1 rings (SSSR count). The highest BCUT2D eigenvalue weighted by Crippen LogP contribution is 2.05. The lowest BCUT2D eigenvalue weighted by Crippen LogP contribution is -2.41. The molecule has 0 fully saturated rings. The smallest absolute Gasteiger partial charge is 0.254 e. The average Bonchev–Trinajstić information content (AvgIpc) is 2.06. The number of hydrazine groups is 2. The SMILES string of the molecule is NNNS(=O)(=O)c1ccccc1. The van der Waals surface area contributed by atoms with Crippen LogP contribution >= 0.6 is 0 Å². The van der Waals surface area contributed by atoms with Gasteiger partial charge in [-0.25, -0.2) is 8.42 Å². The van der Waals surface area contributed by atoms with Crippen LogP contribution in [-0.2, 0) is 10.0 Å². The molecule has 0 aliphatic carbocycles. The summed E-state index contributed by atoms with van der Waals surface area (Å²) in [6.45, 7) is 0. The van der Waals surface area contributed by atoms with Gasteiger partial charge in [0.15, 0.2) is 0 Å². The molecule has 0 unspecified atom stereocenters. The van der Waals surface area contributed by atoms with Crippen LogP contribution in [0.1, 0.15) is 0 Å². The summed E-state index contributed by atoms with van der Waals surface area (Å²) < 4.78 is 22.4. The van der Waals surface area contributed by atoms with Gasteiger partial charge in [0.05, 0.1) is 4.90 Å². The summed E-state index contributed by atoms with van der Waals surface area (Å²) in [7, 11) is -3.50. The third-order valence-corrected chi connectivity index (χ3v) is 2.53. The molecule has 0 saturated heterocycles. The lowest BCUT2D eigenvalue weighted by molar-refractivity contribution is 0.562. The number of benzene rings is 1. The zero-order chi connectivity index (χ0) is 9.03. The standard InChI is InChI=1S/C6H9N3O2S/c7-8-9-12(10,11)6-4-2-1-3-5-6/h1-5,8-9H,7H2. The minimum absolute atomic E-state index is 0.169. The van der Waals surface area contributed by atoms with Gasteiger partial charge in [0.1, 0.15) is 0 Å². The molecule has 1 aromatic carbocycles. The van der Waals surface area contributed by atoms with Gasteiger partial charge in [0.2, 0.25) is 0 Å². The molecule has 0 spiro atoms. The Kier molecular flexibility index (Phi) is 2.77. The van der Waals surface area contributed by atoms with Crippen LogP contribution in [0, 0.1) is 0 Å². The van der Waals surface area contributed by atoms with E-state index in [2.05, 4.69) is 0 Å². The summed E-state index contributed by atoms with van der Waals surface area (Å²) in [5.41, 5.74) is 1.87. The summed E-state index contributed by atoms with van der Waals surface area (Å²) in [5, 5.41) is 0. The summed E-state index contributed by atoms with van der Waals surface area (Å²) in [6.07, 6.45) is 0. The average molecular weight is 187 g/mol. The molecule has 0 saturated carbocycles. The van der Waals surface area contributed by atoms with Crippen LogP contribution in [-0.4, -0.2) is 8.42 Å². The van der Waals surface area contributed by atoms with Crippen molar-refractivity contribution < 1.29 is 8.42 Å². The summed E-state index contributed by atoms with van der Waals surface area (Å²) in [5.74, 6) is 4.81. The lowest BCUT2D eigenvalue weighted by Gasteiger charge is -2.03. The molecule has 1 aromatic rings. The van der Waals surface area contributed by atoms with Gasteiger partial charge in [-0.3, -0.25) is 5.84 Å². The minimum Gasteiger partial charge on any atom is -0.257 e. The Balaban J connectivity index is 2.99. The fourth-order valence-electron chi connectivity index (χ4n) is 0.736. The van der Waals surface area contributed by atoms with Crippen LogP contribution < -0.4 is 16.2 Å². The maximum Gasteiger partial charge on any atom is 0.254 e. The molecule has 0 radical (unpaired) electrons. The summed E-state index contributed by atoms with van der Waals surface area (Å²) in [4.78, 5) is 2.11. The topological polar surface area (TPSA) is 84.2 Å². The van der Waals surface area contributed by atoms with E-state index in [-0.39, 0.29) is 4.90 Å². The molecule has 4 N–H and O–H groups in total. The van der Waals surface area contributed by atoms with Crippen LogP contribution in [0.5, 0.6) is 0 Å². The molecule has 0 aromatic heterocycles. The van der Waals surface area contributed by atoms with Crippen LogP contribution in [0.2, 0.25) is 0 Å². The van der Waals surface area contributed by atoms with Gasteiger partial charge in [-0.15, -0.1) is 4.83 Å². The van der Waals surface area contributed by atoms with E-state index in [0.29, 0.717) is 0 Å². The largest absolute Gasteiger partial charge is 0.257 e. The second-order valence-electron chi connectivity index (χ2n) is 2.06. The zero-order valence-electron chi connectivity index (χ0n) is 6.19. The third kappa shape index (κ3) is 2.02. The molecular formula is C6H9N3O2S. The zero-order valence-corrected chi connectivity index (χ0v) is 7.01. The van der Waals surface area contributed by atoms with Crippen LogP contribution in [0.3, 0.4) is 0 Å². The Morgan fingerprint density at radius 3 is 2.25 bits per heavy atom. The van der Waals surface area contributed by atoms with Crippen molar-refractivity contribution in [1.29, 1.82) is 0 Å². The van der Waals surface area contributed by atoms with Crippen molar-refractivity contribution >= 4 is 10.0 Å². The molecule has 12 heavy (non-hydrogen) atoms. The lowest BCUT2D eigenvalue weighted by atomic mass is 10.4. The molecule has 0 amide bonds. The first kappa shape index (κ1) is 9.14. The van der Waals surface area contributed by atoms with Crippen molar-refractivity contribution in [3.8, 4) is 0 Å². The predicted octanol–water partition coefficient (Wildman–Crippen LogP) is -0.657. The van der Waals surface area contributed by atoms with Crippen molar-refractivity contribution in [1.82, 2.24) is 10.4 Å². The molecular weight excluding hydrogens is 178 g/mol. The van der Waals surface area contributed by atoms with E-state index in [9.17, 15) is 8.42 Å². The maximum absolute atomic E-state index is 11.2. The van der Waals surface area contributed by atoms with Gasteiger partial charge in [-0.2, -0.15) is 5.53 Å². The maximum atomic E-state index is 11.2. The van der Waals surface area contributed by atoms with Crippen molar-refractivity contribution in [3.05, 3.63) is 30.3 Å². The first-order chi connectivity index (χ1) is 5.67. The van der Waals surface area contributed by atoms with E-state index in [0.717, 1.165) is 0 Å². The van der Waals surface area contributed by atoms with E-state index in [1.807, 2.05) is 10.4 Å². The second kappa shape index (κ2) is 3.63. The highest BCUT2D eigenvalue weighted by molar-refractivity contribution is 7.89. The van der Waals surface area contributed by atoms with Crippen molar-refractivity contribution in [3.63, 3.8) is 0 Å². The van der Waals surface area contributed by atoms with Gasteiger partial charge >= 0.3 is 0 Å². The quantitative estimate of drug-likeness (QED) is 0.433. The number of rotatable bonds is 3. The molecule has 0 bridgehead atoms. The highest BCUT2D eigenvalue weighted by Gasteiger charge is 2.10. The van der Waals surface area contributed by atoms with Gasteiger partial charge in [-0.1, -0.05) is 18.2 Å². The van der Waals surface area contributed by atoms with E-state index in [1.165, 1.54) is 12.1 Å². The third-order valence-electron chi connectivity index (χ3n) is 1.25. The Bertz CT molecular complexity index is 335. The van der Waals surface area contributed by atoms with E-state index < -0.39 is 10.0 Å². The van der Waals surface area contributed by atoms with E-state index in [1.54, 1.807) is 18.2 Å². The molecule has 5 nitrogen and oxygen atoms in total. The molecule has 0 heterocycles. The summed E-state index contributed by atoms with van der Waals surface area (Å²) >= 11 is 0.